The molecule has 0 bridgehead atoms. The predicted molar refractivity (Wildman–Crippen MR) is 73.3 cm³/mol. The van der Waals surface area contributed by atoms with Crippen molar-refractivity contribution in [2.75, 3.05) is 4.43 Å². The van der Waals surface area contributed by atoms with E-state index in [-0.39, 0.29) is 6.42 Å². The highest BCUT2D eigenvalue weighted by molar-refractivity contribution is 14.1. The highest BCUT2D eigenvalue weighted by Gasteiger charge is 2.56. The van der Waals surface area contributed by atoms with Gasteiger partial charge in [0.25, 0.3) is 0 Å². The zero-order chi connectivity index (χ0) is 15.8. The van der Waals surface area contributed by atoms with Gasteiger partial charge in [0.05, 0.1) is 5.92 Å². The van der Waals surface area contributed by atoms with Crippen LogP contribution in [0, 0.1) is 5.92 Å². The second-order valence-electron chi connectivity index (χ2n) is 4.67. The first kappa shape index (κ1) is 19.9. The molecule has 0 aromatic carbocycles. The van der Waals surface area contributed by atoms with Gasteiger partial charge >= 0.3 is 18.1 Å². The molecular weight excluding hydrogens is 398 g/mol. The fourth-order valence-corrected chi connectivity index (χ4v) is 2.30. The van der Waals surface area contributed by atoms with E-state index in [4.69, 9.17) is 5.11 Å². The van der Waals surface area contributed by atoms with Gasteiger partial charge in [0.15, 0.2) is 0 Å². The number of unbranched alkanes of at least 4 members (excludes halogenated alkanes) is 2. The number of rotatable bonds is 10. The third-order valence-electron chi connectivity index (χ3n) is 2.99. The third kappa shape index (κ3) is 7.58. The lowest BCUT2D eigenvalue weighted by atomic mass is 9.94. The molecular formula is C12H18F5IO2. The molecule has 0 heterocycles. The summed E-state index contributed by atoms with van der Waals surface area (Å²) in [6.07, 6.45) is -4.76. The Labute approximate surface area is 128 Å². The molecule has 2 nitrogen and oxygen atoms in total. The third-order valence-corrected chi connectivity index (χ3v) is 3.76. The molecule has 1 N–H and O–H groups in total. The van der Waals surface area contributed by atoms with Gasteiger partial charge < -0.3 is 5.11 Å². The zero-order valence-electron chi connectivity index (χ0n) is 10.9. The first-order valence-electron chi connectivity index (χ1n) is 6.35. The first-order valence-corrected chi connectivity index (χ1v) is 7.87. The number of halogens is 6. The molecule has 20 heavy (non-hydrogen) atoms. The normalized spacial score (nSPS) is 14.3. The van der Waals surface area contributed by atoms with Crippen LogP contribution in [0.2, 0.25) is 0 Å². The molecule has 0 saturated carbocycles. The van der Waals surface area contributed by atoms with Crippen LogP contribution in [0.3, 0.4) is 0 Å². The van der Waals surface area contributed by atoms with Crippen molar-refractivity contribution in [3.8, 4) is 0 Å². The number of aliphatic carboxylic acids is 1. The van der Waals surface area contributed by atoms with Gasteiger partial charge in [0.2, 0.25) is 0 Å². The summed E-state index contributed by atoms with van der Waals surface area (Å²) in [5.41, 5.74) is 0. The van der Waals surface area contributed by atoms with Crippen molar-refractivity contribution in [1.82, 2.24) is 0 Å². The highest BCUT2D eigenvalue weighted by atomic mass is 127. The smallest absolute Gasteiger partial charge is 0.453 e. The van der Waals surface area contributed by atoms with E-state index in [1.165, 1.54) is 0 Å². The minimum Gasteiger partial charge on any atom is -0.481 e. The average molecular weight is 416 g/mol. The van der Waals surface area contributed by atoms with Crippen molar-refractivity contribution in [2.45, 2.75) is 57.0 Å². The molecule has 120 valence electrons. The lowest BCUT2D eigenvalue weighted by Crippen LogP contribution is -2.36. The molecule has 1 unspecified atom stereocenters. The van der Waals surface area contributed by atoms with E-state index in [0.717, 1.165) is 17.3 Å². The lowest BCUT2D eigenvalue weighted by molar-refractivity contribution is -0.284. The van der Waals surface area contributed by atoms with Gasteiger partial charge in [-0.1, -0.05) is 35.4 Å². The van der Waals surface area contributed by atoms with Crippen molar-refractivity contribution < 1.29 is 31.9 Å². The number of carbonyl (C=O) groups is 1. The van der Waals surface area contributed by atoms with Crippen LogP contribution < -0.4 is 0 Å². The second kappa shape index (κ2) is 8.99. The summed E-state index contributed by atoms with van der Waals surface area (Å²) in [7, 11) is 0. The van der Waals surface area contributed by atoms with E-state index in [0.29, 0.717) is 12.8 Å². The molecule has 0 radical (unpaired) electrons. The summed E-state index contributed by atoms with van der Waals surface area (Å²) in [4.78, 5) is 10.9. The summed E-state index contributed by atoms with van der Waals surface area (Å²) in [6, 6.07) is 0. The van der Waals surface area contributed by atoms with Gasteiger partial charge in [-0.3, -0.25) is 4.79 Å². The maximum atomic E-state index is 12.7. The molecule has 0 aliphatic heterocycles. The van der Waals surface area contributed by atoms with Crippen LogP contribution in [0.4, 0.5) is 22.0 Å². The van der Waals surface area contributed by atoms with Crippen LogP contribution in [0.5, 0.6) is 0 Å². The highest BCUT2D eigenvalue weighted by Crippen LogP contribution is 2.39. The van der Waals surface area contributed by atoms with Gasteiger partial charge in [-0.2, -0.15) is 22.0 Å². The molecule has 0 aromatic rings. The van der Waals surface area contributed by atoms with Crippen molar-refractivity contribution in [1.29, 1.82) is 0 Å². The molecule has 0 aromatic heterocycles. The Bertz CT molecular complexity index is 294. The van der Waals surface area contributed by atoms with Crippen LogP contribution in [-0.2, 0) is 4.79 Å². The Morgan fingerprint density at radius 3 is 2.00 bits per heavy atom. The summed E-state index contributed by atoms with van der Waals surface area (Å²) in [6.45, 7) is 0. The molecule has 0 aliphatic carbocycles. The molecule has 0 fully saturated rings. The topological polar surface area (TPSA) is 37.3 Å². The SMILES string of the molecule is O=C(O)C(CCCCCI)CCCC(F)(F)C(F)(F)F. The second-order valence-corrected chi connectivity index (χ2v) is 5.75. The Hall–Kier alpha value is -0.150. The van der Waals surface area contributed by atoms with E-state index < -0.39 is 36.8 Å². The van der Waals surface area contributed by atoms with Gasteiger partial charge in [-0.25, -0.2) is 0 Å². The molecule has 0 saturated heterocycles. The summed E-state index contributed by atoms with van der Waals surface area (Å²) >= 11 is 2.19. The van der Waals surface area contributed by atoms with Gasteiger partial charge in [0, 0.05) is 6.42 Å². The van der Waals surface area contributed by atoms with Crippen LogP contribution in [-0.4, -0.2) is 27.6 Å². The Morgan fingerprint density at radius 1 is 1.00 bits per heavy atom. The van der Waals surface area contributed by atoms with Crippen molar-refractivity contribution >= 4 is 28.6 Å². The summed E-state index contributed by atoms with van der Waals surface area (Å²) in [5, 5.41) is 8.91. The quantitative estimate of drug-likeness (QED) is 0.234. The standard InChI is InChI=1S/C12H18F5IO2/c13-11(14,12(15,16)17)7-4-6-9(10(19)20)5-2-1-3-8-18/h9H,1-8H2,(H,19,20). The minimum atomic E-state index is -5.56. The van der Waals surface area contributed by atoms with Crippen LogP contribution in [0.1, 0.15) is 44.9 Å². The van der Waals surface area contributed by atoms with Crippen LogP contribution in [0.15, 0.2) is 0 Å². The van der Waals surface area contributed by atoms with Gasteiger partial charge in [-0.15, -0.1) is 0 Å². The van der Waals surface area contributed by atoms with E-state index in [1.54, 1.807) is 0 Å². The number of carboxylic acids is 1. The van der Waals surface area contributed by atoms with Gasteiger partial charge in [0.1, 0.15) is 0 Å². The fraction of sp³-hybridized carbons (Fsp3) is 0.917. The average Bonchev–Trinajstić information content (AvgIpc) is 2.30. The predicted octanol–water partition coefficient (Wildman–Crippen LogP) is 5.05. The minimum absolute atomic E-state index is 0.148. The molecule has 0 aliphatic rings. The van der Waals surface area contributed by atoms with E-state index in [1.807, 2.05) is 0 Å². The van der Waals surface area contributed by atoms with Crippen molar-refractivity contribution in [3.05, 3.63) is 0 Å². The van der Waals surface area contributed by atoms with E-state index in [2.05, 4.69) is 22.6 Å². The number of hydrogen-bond donors (Lipinski definition) is 1. The summed E-state index contributed by atoms with van der Waals surface area (Å²) in [5.74, 6) is -6.71. The van der Waals surface area contributed by atoms with Crippen molar-refractivity contribution in [3.63, 3.8) is 0 Å². The number of hydrogen-bond acceptors (Lipinski definition) is 1. The number of alkyl halides is 6. The largest absolute Gasteiger partial charge is 0.481 e. The number of carboxylic acid groups (broad SMARTS) is 1. The Balaban J connectivity index is 4.13. The Kier molecular flexibility index (Phi) is 8.92. The maximum absolute atomic E-state index is 12.7. The molecule has 8 heteroatoms. The molecule has 0 rings (SSSR count). The Morgan fingerprint density at radius 2 is 1.55 bits per heavy atom. The van der Waals surface area contributed by atoms with E-state index in [9.17, 15) is 26.7 Å². The van der Waals surface area contributed by atoms with Gasteiger partial charge in [-0.05, 0) is 30.1 Å². The van der Waals surface area contributed by atoms with Crippen LogP contribution >= 0.6 is 22.6 Å². The summed E-state index contributed by atoms with van der Waals surface area (Å²) < 4.78 is 62.1. The monoisotopic (exact) mass is 416 g/mol. The van der Waals surface area contributed by atoms with Crippen molar-refractivity contribution in [2.24, 2.45) is 5.92 Å². The molecule has 1 atom stereocenters. The molecule has 0 amide bonds. The fourth-order valence-electron chi connectivity index (χ4n) is 1.77. The zero-order valence-corrected chi connectivity index (χ0v) is 13.0. The maximum Gasteiger partial charge on any atom is 0.453 e. The molecule has 0 spiro atoms. The first-order chi connectivity index (χ1) is 9.12. The van der Waals surface area contributed by atoms with Crippen LogP contribution in [0.25, 0.3) is 0 Å². The lowest BCUT2D eigenvalue weighted by Gasteiger charge is -2.20. The van der Waals surface area contributed by atoms with E-state index >= 15 is 0 Å².